The first-order valence-electron chi connectivity index (χ1n) is 9.55. The second-order valence-electron chi connectivity index (χ2n) is 8.65. The van der Waals surface area contributed by atoms with Gasteiger partial charge in [-0.15, -0.1) is 0 Å². The maximum atomic E-state index is 14.0. The highest BCUT2D eigenvalue weighted by atomic mass is 16.2. The van der Waals surface area contributed by atoms with Crippen molar-refractivity contribution < 1.29 is 4.79 Å². The normalized spacial score (nSPS) is 21.8. The van der Waals surface area contributed by atoms with Gasteiger partial charge in [-0.05, 0) is 54.2 Å². The van der Waals surface area contributed by atoms with Crippen molar-refractivity contribution in [2.45, 2.75) is 37.6 Å². The fourth-order valence-corrected chi connectivity index (χ4v) is 5.01. The third kappa shape index (κ3) is 2.04. The zero-order valence-corrected chi connectivity index (χ0v) is 15.9. The van der Waals surface area contributed by atoms with E-state index in [0.717, 1.165) is 16.7 Å². The van der Waals surface area contributed by atoms with Crippen molar-refractivity contribution in [3.8, 4) is 0 Å². The lowest BCUT2D eigenvalue weighted by molar-refractivity contribution is -0.125. The molecule has 2 heteroatoms. The van der Waals surface area contributed by atoms with Gasteiger partial charge in [-0.2, -0.15) is 0 Å². The van der Waals surface area contributed by atoms with Crippen molar-refractivity contribution in [2.75, 3.05) is 0 Å². The molecule has 0 saturated heterocycles. The SMILES string of the molecule is CC(C)(C)NC(=O)C12c3ccccc3C(c3ccccc31)c1ccccc12. The monoisotopic (exact) mass is 353 g/mol. The first-order chi connectivity index (χ1) is 12.9. The number of hydrogen-bond acceptors (Lipinski definition) is 1. The summed E-state index contributed by atoms with van der Waals surface area (Å²) in [6, 6.07) is 25.4. The number of nitrogens with one attached hydrogen (secondary N) is 1. The minimum atomic E-state index is -0.800. The molecule has 3 aliphatic rings. The Labute approximate surface area is 160 Å². The molecule has 0 radical (unpaired) electrons. The van der Waals surface area contributed by atoms with Crippen LogP contribution in [0.5, 0.6) is 0 Å². The van der Waals surface area contributed by atoms with Crippen molar-refractivity contribution in [3.05, 3.63) is 106 Å². The minimum absolute atomic E-state index is 0.0560. The van der Waals surface area contributed by atoms with E-state index in [1.165, 1.54) is 16.7 Å². The smallest absolute Gasteiger partial charge is 0.240 e. The van der Waals surface area contributed by atoms with Crippen LogP contribution in [0.4, 0.5) is 0 Å². The minimum Gasteiger partial charge on any atom is -0.350 e. The van der Waals surface area contributed by atoms with Gasteiger partial charge in [0.05, 0.1) is 0 Å². The average Bonchev–Trinajstić information content (AvgIpc) is 2.66. The lowest BCUT2D eigenvalue weighted by Gasteiger charge is -2.50. The molecule has 1 amide bonds. The lowest BCUT2D eigenvalue weighted by Crippen LogP contribution is -2.56. The van der Waals surface area contributed by atoms with Crippen LogP contribution in [-0.2, 0) is 10.2 Å². The molecule has 0 aliphatic heterocycles. The quantitative estimate of drug-likeness (QED) is 0.672. The Kier molecular flexibility index (Phi) is 3.22. The first kappa shape index (κ1) is 16.3. The van der Waals surface area contributed by atoms with E-state index in [4.69, 9.17) is 0 Å². The van der Waals surface area contributed by atoms with Crippen LogP contribution in [0.25, 0.3) is 0 Å². The van der Waals surface area contributed by atoms with Gasteiger partial charge in [0.2, 0.25) is 5.91 Å². The van der Waals surface area contributed by atoms with E-state index in [1.807, 2.05) is 20.8 Å². The van der Waals surface area contributed by atoms with Crippen molar-refractivity contribution in [3.63, 3.8) is 0 Å². The Balaban J connectivity index is 1.92. The molecule has 2 nitrogen and oxygen atoms in total. The van der Waals surface area contributed by atoms with Crippen molar-refractivity contribution in [2.24, 2.45) is 0 Å². The van der Waals surface area contributed by atoms with Crippen LogP contribution in [0.15, 0.2) is 72.8 Å². The highest BCUT2D eigenvalue weighted by Crippen LogP contribution is 2.59. The summed E-state index contributed by atoms with van der Waals surface area (Å²) in [7, 11) is 0. The van der Waals surface area contributed by atoms with Gasteiger partial charge in [0, 0.05) is 11.5 Å². The van der Waals surface area contributed by atoms with Crippen LogP contribution in [0, 0.1) is 0 Å². The molecule has 0 unspecified atom stereocenters. The predicted octanol–water partition coefficient (Wildman–Crippen LogP) is 4.74. The molecule has 0 heterocycles. The highest BCUT2D eigenvalue weighted by molar-refractivity contribution is 6.00. The molecule has 27 heavy (non-hydrogen) atoms. The Morgan fingerprint density at radius 1 is 0.741 bits per heavy atom. The van der Waals surface area contributed by atoms with Gasteiger partial charge in [0.1, 0.15) is 5.41 Å². The Morgan fingerprint density at radius 3 is 1.48 bits per heavy atom. The summed E-state index contributed by atoms with van der Waals surface area (Å²) in [6.07, 6.45) is 0. The van der Waals surface area contributed by atoms with Crippen molar-refractivity contribution >= 4 is 5.91 Å². The maximum Gasteiger partial charge on any atom is 0.240 e. The fraction of sp³-hybridized carbons (Fsp3) is 0.240. The summed E-state index contributed by atoms with van der Waals surface area (Å²) < 4.78 is 0. The number of hydrogen-bond donors (Lipinski definition) is 1. The summed E-state index contributed by atoms with van der Waals surface area (Å²) in [5.74, 6) is 0.249. The lowest BCUT2D eigenvalue weighted by atomic mass is 9.52. The Hall–Kier alpha value is -2.87. The Morgan fingerprint density at radius 2 is 1.11 bits per heavy atom. The molecule has 134 valence electrons. The second-order valence-corrected chi connectivity index (χ2v) is 8.65. The van der Waals surface area contributed by atoms with Crippen LogP contribution < -0.4 is 5.32 Å². The van der Waals surface area contributed by atoms with Crippen LogP contribution in [0.2, 0.25) is 0 Å². The number of benzene rings is 3. The van der Waals surface area contributed by atoms with E-state index >= 15 is 0 Å². The molecule has 2 bridgehead atoms. The first-order valence-corrected chi connectivity index (χ1v) is 9.55. The maximum absolute atomic E-state index is 14.0. The molecule has 0 fully saturated rings. The molecule has 3 aromatic rings. The topological polar surface area (TPSA) is 29.1 Å². The van der Waals surface area contributed by atoms with Gasteiger partial charge in [0.25, 0.3) is 0 Å². The van der Waals surface area contributed by atoms with Gasteiger partial charge < -0.3 is 5.32 Å². The van der Waals surface area contributed by atoms with E-state index in [1.54, 1.807) is 0 Å². The third-order valence-electron chi connectivity index (χ3n) is 5.86. The van der Waals surface area contributed by atoms with E-state index in [0.29, 0.717) is 0 Å². The summed E-state index contributed by atoms with van der Waals surface area (Å²) in [5, 5.41) is 3.29. The molecular formula is C25H23NO. The van der Waals surface area contributed by atoms with Crippen molar-refractivity contribution in [1.82, 2.24) is 5.32 Å². The molecular weight excluding hydrogens is 330 g/mol. The second kappa shape index (κ2) is 5.32. The van der Waals surface area contributed by atoms with Crippen LogP contribution >= 0.6 is 0 Å². The van der Waals surface area contributed by atoms with E-state index in [9.17, 15) is 4.79 Å². The van der Waals surface area contributed by atoms with Crippen molar-refractivity contribution in [1.29, 1.82) is 0 Å². The number of rotatable bonds is 1. The fourth-order valence-electron chi connectivity index (χ4n) is 5.01. The highest BCUT2D eigenvalue weighted by Gasteiger charge is 2.56. The molecule has 0 aromatic heterocycles. The molecule has 6 rings (SSSR count). The molecule has 3 aliphatic carbocycles. The Bertz CT molecular complexity index is 958. The van der Waals surface area contributed by atoms with Gasteiger partial charge >= 0.3 is 0 Å². The van der Waals surface area contributed by atoms with Crippen LogP contribution in [-0.4, -0.2) is 11.4 Å². The summed E-state index contributed by atoms with van der Waals surface area (Å²) in [4.78, 5) is 14.0. The van der Waals surface area contributed by atoms with Gasteiger partial charge in [-0.25, -0.2) is 0 Å². The number of carbonyl (C=O) groups excluding carboxylic acids is 1. The summed E-state index contributed by atoms with van der Waals surface area (Å²) >= 11 is 0. The van der Waals surface area contributed by atoms with E-state index in [-0.39, 0.29) is 17.4 Å². The molecule has 0 saturated carbocycles. The number of amides is 1. The zero-order chi connectivity index (χ0) is 18.8. The van der Waals surface area contributed by atoms with Gasteiger partial charge in [-0.1, -0.05) is 72.8 Å². The van der Waals surface area contributed by atoms with E-state index < -0.39 is 5.41 Å². The molecule has 1 N–H and O–H groups in total. The predicted molar refractivity (Wildman–Crippen MR) is 108 cm³/mol. The van der Waals surface area contributed by atoms with Crippen LogP contribution in [0.3, 0.4) is 0 Å². The zero-order valence-electron chi connectivity index (χ0n) is 15.9. The molecule has 0 atom stereocenters. The summed E-state index contributed by atoms with van der Waals surface area (Å²) in [6.45, 7) is 6.12. The summed E-state index contributed by atoms with van der Waals surface area (Å²) in [5.41, 5.74) is 6.00. The van der Waals surface area contributed by atoms with Crippen LogP contribution in [0.1, 0.15) is 60.1 Å². The van der Waals surface area contributed by atoms with Gasteiger partial charge in [0.15, 0.2) is 0 Å². The number of carbonyl (C=O) groups is 1. The third-order valence-corrected chi connectivity index (χ3v) is 5.86. The largest absolute Gasteiger partial charge is 0.350 e. The standard InChI is InChI=1S/C25H23NO/c1-24(2,3)26-23(27)25-19-13-7-4-10-16(19)22(17-11-5-8-14-20(17)25)18-12-6-9-15-21(18)25/h4-15,22H,1-3H3,(H,26,27). The molecule has 0 spiro atoms. The average molecular weight is 353 g/mol. The molecule has 3 aromatic carbocycles. The van der Waals surface area contributed by atoms with E-state index in [2.05, 4.69) is 78.1 Å². The van der Waals surface area contributed by atoms with Gasteiger partial charge in [-0.3, -0.25) is 4.79 Å².